The molecule has 0 radical (unpaired) electrons. The fourth-order valence-electron chi connectivity index (χ4n) is 2.08. The van der Waals surface area contributed by atoms with E-state index in [1.54, 1.807) is 20.9 Å². The molecule has 1 heterocycles. The summed E-state index contributed by atoms with van der Waals surface area (Å²) in [5.74, 6) is -0.552. The molecule has 0 atom stereocenters. The number of carbonyl (C=O) groups is 1. The predicted octanol–water partition coefficient (Wildman–Crippen LogP) is 3.96. The summed E-state index contributed by atoms with van der Waals surface area (Å²) in [4.78, 5) is 12.3. The third kappa shape index (κ3) is 3.09. The number of aryl methyl sites for hydroxylation is 2. The van der Waals surface area contributed by atoms with Crippen LogP contribution >= 0.6 is 11.6 Å². The van der Waals surface area contributed by atoms with E-state index < -0.39 is 17.6 Å². The van der Waals surface area contributed by atoms with Crippen LogP contribution in [-0.2, 0) is 13.2 Å². The fourth-order valence-corrected chi connectivity index (χ4v) is 2.25. The number of rotatable bonds is 2. The molecule has 0 saturated heterocycles. The average molecular weight is 332 g/mol. The Labute approximate surface area is 129 Å². The van der Waals surface area contributed by atoms with Crippen molar-refractivity contribution in [2.24, 2.45) is 7.05 Å². The number of halogens is 4. The molecule has 0 spiro atoms. The summed E-state index contributed by atoms with van der Waals surface area (Å²) in [6.45, 7) is 3.35. The van der Waals surface area contributed by atoms with Crippen LogP contribution < -0.4 is 5.32 Å². The smallest absolute Gasteiger partial charge is 0.321 e. The summed E-state index contributed by atoms with van der Waals surface area (Å²) in [5, 5.41) is 6.53. The molecular formula is C14H13ClF3N3O. The molecule has 118 valence electrons. The summed E-state index contributed by atoms with van der Waals surface area (Å²) in [6, 6.07) is 2.77. The van der Waals surface area contributed by atoms with E-state index in [0.717, 1.165) is 18.2 Å². The van der Waals surface area contributed by atoms with Crippen LogP contribution in [0.2, 0.25) is 5.02 Å². The Balaban J connectivity index is 2.36. The molecule has 2 rings (SSSR count). The van der Waals surface area contributed by atoms with Crippen molar-refractivity contribution in [3.05, 3.63) is 45.7 Å². The molecule has 0 aliphatic carbocycles. The van der Waals surface area contributed by atoms with Gasteiger partial charge in [-0.05, 0) is 32.0 Å². The second kappa shape index (κ2) is 5.64. The zero-order valence-corrected chi connectivity index (χ0v) is 12.8. The maximum absolute atomic E-state index is 12.7. The minimum Gasteiger partial charge on any atom is -0.321 e. The lowest BCUT2D eigenvalue weighted by Gasteiger charge is -2.11. The van der Waals surface area contributed by atoms with E-state index in [-0.39, 0.29) is 10.7 Å². The van der Waals surface area contributed by atoms with E-state index >= 15 is 0 Å². The number of hydrogen-bond acceptors (Lipinski definition) is 2. The molecule has 1 aromatic heterocycles. The van der Waals surface area contributed by atoms with Gasteiger partial charge in [-0.15, -0.1) is 0 Å². The standard InChI is InChI=1S/C14H13ClF3N3O/c1-7-12(8(2)21(3)20-7)13(22)19-11-6-9(14(16,17)18)4-5-10(11)15/h4-6H,1-3H3,(H,19,22). The van der Waals surface area contributed by atoms with Crippen molar-refractivity contribution in [3.63, 3.8) is 0 Å². The first-order valence-corrected chi connectivity index (χ1v) is 6.67. The van der Waals surface area contributed by atoms with E-state index in [1.807, 2.05) is 0 Å². The Morgan fingerprint density at radius 3 is 2.45 bits per heavy atom. The lowest BCUT2D eigenvalue weighted by atomic mass is 10.1. The quantitative estimate of drug-likeness (QED) is 0.905. The first-order valence-electron chi connectivity index (χ1n) is 6.29. The number of hydrogen-bond donors (Lipinski definition) is 1. The Hall–Kier alpha value is -2.02. The number of benzene rings is 1. The van der Waals surface area contributed by atoms with Crippen molar-refractivity contribution in [1.82, 2.24) is 9.78 Å². The first kappa shape index (κ1) is 16.4. The van der Waals surface area contributed by atoms with Crippen LogP contribution in [-0.4, -0.2) is 15.7 Å². The van der Waals surface area contributed by atoms with Crippen LogP contribution in [0.25, 0.3) is 0 Å². The normalized spacial score (nSPS) is 11.6. The lowest BCUT2D eigenvalue weighted by molar-refractivity contribution is -0.137. The molecule has 2 aromatic rings. The number of alkyl halides is 3. The van der Waals surface area contributed by atoms with Crippen molar-refractivity contribution in [2.45, 2.75) is 20.0 Å². The molecule has 0 saturated carbocycles. The van der Waals surface area contributed by atoms with E-state index in [9.17, 15) is 18.0 Å². The molecule has 0 aliphatic rings. The van der Waals surface area contributed by atoms with Gasteiger partial charge in [-0.2, -0.15) is 18.3 Å². The highest BCUT2D eigenvalue weighted by atomic mass is 35.5. The molecule has 0 aliphatic heterocycles. The average Bonchev–Trinajstić information content (AvgIpc) is 2.64. The summed E-state index contributed by atoms with van der Waals surface area (Å²) < 4.78 is 39.7. The van der Waals surface area contributed by atoms with Gasteiger partial charge < -0.3 is 5.32 Å². The zero-order chi connectivity index (χ0) is 16.7. The highest BCUT2D eigenvalue weighted by Gasteiger charge is 2.31. The second-order valence-electron chi connectivity index (χ2n) is 4.82. The van der Waals surface area contributed by atoms with Crippen LogP contribution in [0, 0.1) is 13.8 Å². The van der Waals surface area contributed by atoms with Gasteiger partial charge in [-0.1, -0.05) is 11.6 Å². The van der Waals surface area contributed by atoms with Crippen LogP contribution in [0.5, 0.6) is 0 Å². The van der Waals surface area contributed by atoms with Crippen LogP contribution in [0.4, 0.5) is 18.9 Å². The Kier molecular flexibility index (Phi) is 4.19. The minimum atomic E-state index is -4.51. The van der Waals surface area contributed by atoms with E-state index in [1.165, 1.54) is 4.68 Å². The molecule has 0 unspecified atom stereocenters. The van der Waals surface area contributed by atoms with Gasteiger partial charge in [0.25, 0.3) is 5.91 Å². The molecule has 1 N–H and O–H groups in total. The number of amides is 1. The van der Waals surface area contributed by atoms with Crippen molar-refractivity contribution in [1.29, 1.82) is 0 Å². The van der Waals surface area contributed by atoms with Crippen molar-refractivity contribution in [3.8, 4) is 0 Å². The monoisotopic (exact) mass is 331 g/mol. The SMILES string of the molecule is Cc1nn(C)c(C)c1C(=O)Nc1cc(C(F)(F)F)ccc1Cl. The predicted molar refractivity (Wildman–Crippen MR) is 77.1 cm³/mol. The molecule has 0 bridgehead atoms. The van der Waals surface area contributed by atoms with Crippen LogP contribution in [0.15, 0.2) is 18.2 Å². The van der Waals surface area contributed by atoms with Gasteiger partial charge >= 0.3 is 6.18 Å². The van der Waals surface area contributed by atoms with Crippen molar-refractivity contribution >= 4 is 23.2 Å². The Morgan fingerprint density at radius 2 is 1.95 bits per heavy atom. The molecule has 1 amide bonds. The lowest BCUT2D eigenvalue weighted by Crippen LogP contribution is -2.15. The maximum atomic E-state index is 12.7. The molecule has 4 nitrogen and oxygen atoms in total. The number of anilines is 1. The molecule has 0 fully saturated rings. The summed E-state index contributed by atoms with van der Waals surface area (Å²) in [5.41, 5.74) is 0.436. The third-order valence-electron chi connectivity index (χ3n) is 3.28. The highest BCUT2D eigenvalue weighted by Crippen LogP contribution is 2.34. The first-order chi connectivity index (χ1) is 10.1. The summed E-state index contributed by atoms with van der Waals surface area (Å²) in [6.07, 6.45) is -4.51. The molecule has 8 heteroatoms. The van der Waals surface area contributed by atoms with Gasteiger partial charge in [0, 0.05) is 12.7 Å². The van der Waals surface area contributed by atoms with E-state index in [0.29, 0.717) is 17.0 Å². The Morgan fingerprint density at radius 1 is 1.32 bits per heavy atom. The number of aromatic nitrogens is 2. The third-order valence-corrected chi connectivity index (χ3v) is 3.61. The van der Waals surface area contributed by atoms with Crippen molar-refractivity contribution < 1.29 is 18.0 Å². The van der Waals surface area contributed by atoms with Gasteiger partial charge in [0.15, 0.2) is 0 Å². The van der Waals surface area contributed by atoms with Gasteiger partial charge in [0.1, 0.15) is 0 Å². The van der Waals surface area contributed by atoms with E-state index in [4.69, 9.17) is 11.6 Å². The second-order valence-corrected chi connectivity index (χ2v) is 5.22. The van der Waals surface area contributed by atoms with Crippen molar-refractivity contribution in [2.75, 3.05) is 5.32 Å². The zero-order valence-electron chi connectivity index (χ0n) is 12.0. The maximum Gasteiger partial charge on any atom is 0.416 e. The molecule has 22 heavy (non-hydrogen) atoms. The van der Waals surface area contributed by atoms with Gasteiger partial charge in [0.05, 0.1) is 27.5 Å². The highest BCUT2D eigenvalue weighted by molar-refractivity contribution is 6.34. The Bertz CT molecular complexity index is 738. The van der Waals surface area contributed by atoms with Crippen LogP contribution in [0.1, 0.15) is 27.3 Å². The number of nitrogens with one attached hydrogen (secondary N) is 1. The number of nitrogens with zero attached hydrogens (tertiary/aromatic N) is 2. The van der Waals surface area contributed by atoms with Gasteiger partial charge in [0.2, 0.25) is 0 Å². The topological polar surface area (TPSA) is 46.9 Å². The summed E-state index contributed by atoms with van der Waals surface area (Å²) >= 11 is 5.86. The summed E-state index contributed by atoms with van der Waals surface area (Å²) in [7, 11) is 1.68. The van der Waals surface area contributed by atoms with E-state index in [2.05, 4.69) is 10.4 Å². The largest absolute Gasteiger partial charge is 0.416 e. The molecule has 1 aromatic carbocycles. The van der Waals surface area contributed by atoms with Gasteiger partial charge in [-0.25, -0.2) is 0 Å². The minimum absolute atomic E-state index is 0.0283. The fraction of sp³-hybridized carbons (Fsp3) is 0.286. The van der Waals surface area contributed by atoms with Gasteiger partial charge in [-0.3, -0.25) is 9.48 Å². The van der Waals surface area contributed by atoms with Crippen LogP contribution in [0.3, 0.4) is 0 Å². The molecular weight excluding hydrogens is 319 g/mol. The number of carbonyl (C=O) groups excluding carboxylic acids is 1.